The van der Waals surface area contributed by atoms with E-state index in [0.29, 0.717) is 17.9 Å². The molecule has 74 valence electrons. The molecule has 0 spiro atoms. The van der Waals surface area contributed by atoms with Crippen molar-refractivity contribution in [1.29, 1.82) is 0 Å². The van der Waals surface area contributed by atoms with Crippen molar-refractivity contribution in [1.82, 2.24) is 0 Å². The molecule has 0 saturated heterocycles. The lowest BCUT2D eigenvalue weighted by Crippen LogP contribution is -2.56. The van der Waals surface area contributed by atoms with Crippen molar-refractivity contribution in [2.24, 2.45) is 22.4 Å². The van der Waals surface area contributed by atoms with Gasteiger partial charge in [0.1, 0.15) is 0 Å². The summed E-state index contributed by atoms with van der Waals surface area (Å²) in [4.78, 5) is 10.2. The molecular weight excluding hydrogens is 162 g/mol. The van der Waals surface area contributed by atoms with Crippen LogP contribution in [0.5, 0.6) is 0 Å². The van der Waals surface area contributed by atoms with Crippen LogP contribution in [0.2, 0.25) is 0 Å². The minimum absolute atomic E-state index is 0.582. The van der Waals surface area contributed by atoms with Crippen LogP contribution in [0.15, 0.2) is 5.18 Å². The highest BCUT2D eigenvalue weighted by Crippen LogP contribution is 2.66. The average Bonchev–Trinajstić information content (AvgIpc) is 2.11. The van der Waals surface area contributed by atoms with Crippen molar-refractivity contribution < 1.29 is 0 Å². The third-order valence-electron chi connectivity index (χ3n) is 4.31. The number of nitrogens with zero attached hydrogens (tertiary/aromatic N) is 1. The Hall–Kier alpha value is -0.400. The molecule has 2 fully saturated rings. The quantitative estimate of drug-likeness (QED) is 0.598. The number of nitroso groups, excluding NO2 is 1. The van der Waals surface area contributed by atoms with E-state index in [2.05, 4.69) is 12.1 Å². The minimum Gasteiger partial charge on any atom is -0.151 e. The van der Waals surface area contributed by atoms with Crippen molar-refractivity contribution in [3.05, 3.63) is 4.91 Å². The molecular formula is C11H19NO. The lowest BCUT2D eigenvalue weighted by Gasteiger charge is -2.63. The molecule has 3 atom stereocenters. The van der Waals surface area contributed by atoms with E-state index in [9.17, 15) is 4.91 Å². The van der Waals surface area contributed by atoms with Crippen LogP contribution in [0.3, 0.4) is 0 Å². The lowest BCUT2D eigenvalue weighted by molar-refractivity contribution is -0.136. The number of fused-ring (bicyclic) bond motifs is 1. The van der Waals surface area contributed by atoms with Crippen LogP contribution >= 0.6 is 0 Å². The van der Waals surface area contributed by atoms with Crippen molar-refractivity contribution in [3.8, 4) is 0 Å². The normalized spacial score (nSPS) is 41.6. The molecule has 0 aliphatic heterocycles. The van der Waals surface area contributed by atoms with Gasteiger partial charge in [-0.1, -0.05) is 24.9 Å². The zero-order valence-electron chi connectivity index (χ0n) is 8.46. The molecule has 0 N–H and O–H groups in total. The monoisotopic (exact) mass is 181 g/mol. The van der Waals surface area contributed by atoms with E-state index in [0.717, 1.165) is 5.92 Å². The smallest absolute Gasteiger partial charge is 0.0842 e. The summed E-state index contributed by atoms with van der Waals surface area (Å²) in [5.74, 6) is 1.53. The van der Waals surface area contributed by atoms with Gasteiger partial charge < -0.3 is 0 Å². The van der Waals surface area contributed by atoms with Gasteiger partial charge in [-0.05, 0) is 42.9 Å². The molecule has 0 amide bonds. The third kappa shape index (κ3) is 1.31. The Morgan fingerprint density at radius 1 is 1.54 bits per heavy atom. The van der Waals surface area contributed by atoms with E-state index >= 15 is 0 Å². The fourth-order valence-corrected chi connectivity index (χ4v) is 3.44. The second kappa shape index (κ2) is 3.39. The molecule has 2 heteroatoms. The van der Waals surface area contributed by atoms with Gasteiger partial charge >= 0.3 is 0 Å². The number of hydrogen-bond donors (Lipinski definition) is 0. The minimum atomic E-state index is 0.582. The topological polar surface area (TPSA) is 29.4 Å². The standard InChI is InChI=1S/C11H19NO/c1-2-3-5-11-6-4-10(11)9(7-11)8-12-13/h9-10H,2-8H2,1H3. The molecule has 3 unspecified atom stereocenters. The predicted molar refractivity (Wildman–Crippen MR) is 53.5 cm³/mol. The molecule has 0 aromatic rings. The Morgan fingerprint density at radius 2 is 2.38 bits per heavy atom. The number of rotatable bonds is 5. The maximum absolute atomic E-state index is 10.2. The Morgan fingerprint density at radius 3 is 2.85 bits per heavy atom. The highest BCUT2D eigenvalue weighted by molar-refractivity contribution is 5.08. The van der Waals surface area contributed by atoms with Crippen molar-refractivity contribution in [2.75, 3.05) is 6.54 Å². The van der Waals surface area contributed by atoms with Gasteiger partial charge in [-0.15, -0.1) is 0 Å². The summed E-state index contributed by atoms with van der Waals surface area (Å²) < 4.78 is 0. The molecule has 2 aliphatic rings. The Bertz CT molecular complexity index is 204. The van der Waals surface area contributed by atoms with Gasteiger partial charge in [-0.25, -0.2) is 0 Å². The van der Waals surface area contributed by atoms with Gasteiger partial charge in [-0.3, -0.25) is 0 Å². The van der Waals surface area contributed by atoms with Crippen LogP contribution in [0.25, 0.3) is 0 Å². The zero-order chi connectivity index (χ0) is 9.31. The summed E-state index contributed by atoms with van der Waals surface area (Å²) in [7, 11) is 0. The Labute approximate surface area is 80.1 Å². The first kappa shape index (κ1) is 9.17. The van der Waals surface area contributed by atoms with E-state index in [-0.39, 0.29) is 0 Å². The molecule has 2 rings (SSSR count). The Kier molecular flexibility index (Phi) is 2.39. The van der Waals surface area contributed by atoms with Crippen LogP contribution in [-0.4, -0.2) is 6.54 Å². The van der Waals surface area contributed by atoms with Crippen LogP contribution in [0.4, 0.5) is 0 Å². The van der Waals surface area contributed by atoms with Crippen molar-refractivity contribution in [2.45, 2.75) is 45.4 Å². The van der Waals surface area contributed by atoms with Crippen LogP contribution in [0.1, 0.15) is 45.4 Å². The molecule has 2 aliphatic carbocycles. The van der Waals surface area contributed by atoms with Crippen LogP contribution in [0, 0.1) is 22.2 Å². The highest BCUT2D eigenvalue weighted by atomic mass is 16.3. The van der Waals surface area contributed by atoms with Crippen molar-refractivity contribution in [3.63, 3.8) is 0 Å². The van der Waals surface area contributed by atoms with Gasteiger partial charge in [0.2, 0.25) is 0 Å². The van der Waals surface area contributed by atoms with Crippen LogP contribution < -0.4 is 0 Å². The average molecular weight is 181 g/mol. The number of hydrogen-bond acceptors (Lipinski definition) is 2. The van der Waals surface area contributed by atoms with Crippen LogP contribution in [-0.2, 0) is 0 Å². The maximum atomic E-state index is 10.2. The van der Waals surface area contributed by atoms with E-state index in [1.54, 1.807) is 0 Å². The molecule has 13 heavy (non-hydrogen) atoms. The molecule has 0 bridgehead atoms. The predicted octanol–water partition coefficient (Wildman–Crippen LogP) is 3.36. The van der Waals surface area contributed by atoms with E-state index in [1.165, 1.54) is 38.5 Å². The summed E-state index contributed by atoms with van der Waals surface area (Å²) in [5, 5.41) is 3.04. The molecule has 2 saturated carbocycles. The van der Waals surface area contributed by atoms with E-state index in [4.69, 9.17) is 0 Å². The van der Waals surface area contributed by atoms with E-state index < -0.39 is 0 Å². The summed E-state index contributed by atoms with van der Waals surface area (Å²) in [5.41, 5.74) is 0.686. The molecule has 2 nitrogen and oxygen atoms in total. The van der Waals surface area contributed by atoms with Gasteiger partial charge in [0, 0.05) is 0 Å². The van der Waals surface area contributed by atoms with Gasteiger partial charge in [-0.2, -0.15) is 4.91 Å². The van der Waals surface area contributed by atoms with Gasteiger partial charge in [0.05, 0.1) is 6.54 Å². The fourth-order valence-electron chi connectivity index (χ4n) is 3.44. The first-order chi connectivity index (χ1) is 6.32. The molecule has 0 heterocycles. The zero-order valence-corrected chi connectivity index (χ0v) is 8.46. The van der Waals surface area contributed by atoms with E-state index in [1.807, 2.05) is 0 Å². The SMILES string of the molecule is CCCCC12CCC1C(CN=O)C2. The molecule has 0 radical (unpaired) electrons. The van der Waals surface area contributed by atoms with Gasteiger partial charge in [0.15, 0.2) is 0 Å². The third-order valence-corrected chi connectivity index (χ3v) is 4.31. The maximum Gasteiger partial charge on any atom is 0.0842 e. The largest absolute Gasteiger partial charge is 0.151 e. The summed E-state index contributed by atoms with van der Waals surface area (Å²) in [6.45, 7) is 2.84. The second-order valence-electron chi connectivity index (χ2n) is 4.89. The molecule has 0 aromatic carbocycles. The summed E-state index contributed by atoms with van der Waals surface area (Å²) in [6.07, 6.45) is 8.17. The number of unbranched alkanes of at least 4 members (excludes halogenated alkanes) is 1. The summed E-state index contributed by atoms with van der Waals surface area (Å²) in [6, 6.07) is 0. The molecule has 0 aromatic heterocycles. The lowest BCUT2D eigenvalue weighted by atomic mass is 9.41. The highest BCUT2D eigenvalue weighted by Gasteiger charge is 2.58. The second-order valence-corrected chi connectivity index (χ2v) is 4.89. The first-order valence-corrected chi connectivity index (χ1v) is 5.61. The van der Waals surface area contributed by atoms with Crippen molar-refractivity contribution >= 4 is 0 Å². The summed E-state index contributed by atoms with van der Waals surface area (Å²) >= 11 is 0. The Balaban J connectivity index is 1.81. The fraction of sp³-hybridized carbons (Fsp3) is 1.00. The first-order valence-electron chi connectivity index (χ1n) is 5.61. The van der Waals surface area contributed by atoms with Gasteiger partial charge in [0.25, 0.3) is 0 Å².